The monoisotopic (exact) mass is 406 g/mol. The van der Waals surface area contributed by atoms with Gasteiger partial charge in [-0.15, -0.1) is 0 Å². The molecule has 0 amide bonds. The minimum Gasteiger partial charge on any atom is -0.353 e. The van der Waals surface area contributed by atoms with Crippen molar-refractivity contribution in [2.45, 2.75) is 38.8 Å². The summed E-state index contributed by atoms with van der Waals surface area (Å²) in [6, 6.07) is 3.76. The van der Waals surface area contributed by atoms with Gasteiger partial charge in [-0.05, 0) is 48.3 Å². The van der Waals surface area contributed by atoms with Gasteiger partial charge in [0.05, 0.1) is 16.7 Å². The number of anilines is 1. The molecule has 3 rings (SSSR count). The van der Waals surface area contributed by atoms with Crippen molar-refractivity contribution in [1.82, 2.24) is 24.6 Å². The molecule has 1 atom stereocenters. The van der Waals surface area contributed by atoms with E-state index in [4.69, 9.17) is 0 Å². The lowest BCUT2D eigenvalue weighted by Crippen LogP contribution is -2.45. The van der Waals surface area contributed by atoms with E-state index in [1.165, 1.54) is 12.8 Å². The Kier molecular flexibility index (Phi) is 6.14. The topological polar surface area (TPSA) is 75.9 Å². The smallest absolute Gasteiger partial charge is 0.266 e. The first kappa shape index (κ1) is 18.0. The zero-order valence-corrected chi connectivity index (χ0v) is 15.9. The number of hydrogen-bond donors (Lipinski definition) is 1. The van der Waals surface area contributed by atoms with Crippen LogP contribution in [-0.2, 0) is 6.54 Å². The van der Waals surface area contributed by atoms with Crippen molar-refractivity contribution in [2.24, 2.45) is 0 Å². The van der Waals surface area contributed by atoms with E-state index in [0.29, 0.717) is 18.5 Å². The molecule has 0 aliphatic carbocycles. The van der Waals surface area contributed by atoms with Crippen LogP contribution in [-0.4, -0.2) is 50.3 Å². The number of nitrogens with one attached hydrogen (secondary N) is 1. The van der Waals surface area contributed by atoms with E-state index < -0.39 is 0 Å². The van der Waals surface area contributed by atoms with Crippen LogP contribution in [0.2, 0.25) is 0 Å². The van der Waals surface area contributed by atoms with Crippen molar-refractivity contribution in [3.63, 3.8) is 0 Å². The van der Waals surface area contributed by atoms with E-state index >= 15 is 0 Å². The fraction of sp³-hybridized carbons (Fsp3) is 0.529. The molecule has 1 fully saturated rings. The van der Waals surface area contributed by atoms with Gasteiger partial charge in [0, 0.05) is 37.6 Å². The first-order valence-corrected chi connectivity index (χ1v) is 9.41. The zero-order valence-electron chi connectivity index (χ0n) is 14.4. The standard InChI is InChI=1S/C17H23BrN6O/c1-13-5-6-16(25)24(22-13)9-8-23-7-3-2-4-15(23)12-21-17-19-10-14(18)11-20-17/h5-6,10-11,15H,2-4,7-9,12H2,1H3,(H,19,20,21). The molecule has 0 spiro atoms. The maximum atomic E-state index is 11.9. The minimum absolute atomic E-state index is 0.0412. The zero-order chi connectivity index (χ0) is 17.6. The van der Waals surface area contributed by atoms with Crippen molar-refractivity contribution in [3.8, 4) is 0 Å². The largest absolute Gasteiger partial charge is 0.353 e. The number of piperidine rings is 1. The van der Waals surface area contributed by atoms with Gasteiger partial charge in [-0.3, -0.25) is 9.69 Å². The van der Waals surface area contributed by atoms with Crippen molar-refractivity contribution < 1.29 is 0 Å². The van der Waals surface area contributed by atoms with E-state index in [1.807, 2.05) is 6.92 Å². The fourth-order valence-corrected chi connectivity index (χ4v) is 3.34. The van der Waals surface area contributed by atoms with Gasteiger partial charge in [0.1, 0.15) is 0 Å². The second-order valence-electron chi connectivity index (χ2n) is 6.33. The summed E-state index contributed by atoms with van der Waals surface area (Å²) in [5.74, 6) is 0.644. The number of likely N-dealkylation sites (tertiary alicyclic amines) is 1. The average molecular weight is 407 g/mol. The number of halogens is 1. The molecule has 7 nitrogen and oxygen atoms in total. The van der Waals surface area contributed by atoms with E-state index in [9.17, 15) is 4.79 Å². The van der Waals surface area contributed by atoms with Crippen LogP contribution in [0, 0.1) is 6.92 Å². The Bertz CT molecular complexity index is 748. The van der Waals surface area contributed by atoms with E-state index in [2.05, 4.69) is 41.2 Å². The summed E-state index contributed by atoms with van der Waals surface area (Å²) in [6.45, 7) is 5.20. The Morgan fingerprint density at radius 1 is 1.24 bits per heavy atom. The number of rotatable bonds is 6. The second kappa shape index (κ2) is 8.53. The summed E-state index contributed by atoms with van der Waals surface area (Å²) in [6.07, 6.45) is 7.04. The molecule has 1 aliphatic rings. The number of hydrogen-bond acceptors (Lipinski definition) is 6. The molecular formula is C17H23BrN6O. The Hall–Kier alpha value is -1.80. The third-order valence-electron chi connectivity index (χ3n) is 4.46. The van der Waals surface area contributed by atoms with Crippen LogP contribution in [0.5, 0.6) is 0 Å². The molecule has 2 aromatic rings. The molecule has 134 valence electrons. The average Bonchev–Trinajstić information content (AvgIpc) is 2.63. The highest BCUT2D eigenvalue weighted by atomic mass is 79.9. The van der Waals surface area contributed by atoms with Gasteiger partial charge in [0.15, 0.2) is 0 Å². The summed E-state index contributed by atoms with van der Waals surface area (Å²) in [5, 5.41) is 7.64. The van der Waals surface area contributed by atoms with Crippen LogP contribution in [0.4, 0.5) is 5.95 Å². The number of aryl methyl sites for hydroxylation is 1. The third-order valence-corrected chi connectivity index (χ3v) is 4.87. The van der Waals surface area contributed by atoms with Crippen LogP contribution in [0.25, 0.3) is 0 Å². The minimum atomic E-state index is -0.0412. The fourth-order valence-electron chi connectivity index (χ4n) is 3.13. The SMILES string of the molecule is Cc1ccc(=O)n(CCN2CCCCC2CNc2ncc(Br)cn2)n1. The lowest BCUT2D eigenvalue weighted by molar-refractivity contribution is 0.147. The van der Waals surface area contributed by atoms with Crippen LogP contribution in [0.3, 0.4) is 0 Å². The summed E-state index contributed by atoms with van der Waals surface area (Å²) in [5.41, 5.74) is 0.824. The molecule has 8 heteroatoms. The number of aromatic nitrogens is 4. The maximum Gasteiger partial charge on any atom is 0.266 e. The highest BCUT2D eigenvalue weighted by Crippen LogP contribution is 2.17. The molecule has 3 heterocycles. The molecule has 0 aromatic carbocycles. The molecule has 0 radical (unpaired) electrons. The van der Waals surface area contributed by atoms with Crippen LogP contribution in [0.1, 0.15) is 25.0 Å². The molecular weight excluding hydrogens is 384 g/mol. The molecule has 1 N–H and O–H groups in total. The predicted octanol–water partition coefficient (Wildman–Crippen LogP) is 2.07. The van der Waals surface area contributed by atoms with Crippen LogP contribution < -0.4 is 10.9 Å². The van der Waals surface area contributed by atoms with Crippen LogP contribution >= 0.6 is 15.9 Å². The Balaban J connectivity index is 1.57. The highest BCUT2D eigenvalue weighted by Gasteiger charge is 2.22. The Labute approximate surface area is 155 Å². The number of nitrogens with zero attached hydrogens (tertiary/aromatic N) is 5. The maximum absolute atomic E-state index is 11.9. The van der Waals surface area contributed by atoms with Gasteiger partial charge in [0.2, 0.25) is 5.95 Å². The van der Waals surface area contributed by atoms with Gasteiger partial charge in [-0.2, -0.15) is 5.10 Å². The second-order valence-corrected chi connectivity index (χ2v) is 7.24. The van der Waals surface area contributed by atoms with Crippen LogP contribution in [0.15, 0.2) is 33.8 Å². The van der Waals surface area contributed by atoms with E-state index in [1.54, 1.807) is 29.2 Å². The third kappa shape index (κ3) is 5.09. The molecule has 25 heavy (non-hydrogen) atoms. The van der Waals surface area contributed by atoms with Crippen molar-refractivity contribution in [2.75, 3.05) is 25.0 Å². The molecule has 1 saturated heterocycles. The quantitative estimate of drug-likeness (QED) is 0.790. The van der Waals surface area contributed by atoms with Gasteiger partial charge < -0.3 is 5.32 Å². The normalized spacial score (nSPS) is 18.2. The van der Waals surface area contributed by atoms with Gasteiger partial charge >= 0.3 is 0 Å². The van der Waals surface area contributed by atoms with Gasteiger partial charge in [0.25, 0.3) is 5.56 Å². The summed E-state index contributed by atoms with van der Waals surface area (Å²) < 4.78 is 2.43. The summed E-state index contributed by atoms with van der Waals surface area (Å²) >= 11 is 3.34. The molecule has 2 aromatic heterocycles. The van der Waals surface area contributed by atoms with Crippen molar-refractivity contribution in [1.29, 1.82) is 0 Å². The predicted molar refractivity (Wildman–Crippen MR) is 101 cm³/mol. The first-order chi connectivity index (χ1) is 12.1. The Morgan fingerprint density at radius 2 is 2.04 bits per heavy atom. The van der Waals surface area contributed by atoms with Crippen molar-refractivity contribution in [3.05, 3.63) is 45.0 Å². The molecule has 0 saturated carbocycles. The summed E-state index contributed by atoms with van der Waals surface area (Å²) in [7, 11) is 0. The lowest BCUT2D eigenvalue weighted by atomic mass is 10.0. The Morgan fingerprint density at radius 3 is 2.84 bits per heavy atom. The van der Waals surface area contributed by atoms with E-state index in [-0.39, 0.29) is 5.56 Å². The van der Waals surface area contributed by atoms with Gasteiger partial charge in [-0.25, -0.2) is 14.6 Å². The highest BCUT2D eigenvalue weighted by molar-refractivity contribution is 9.10. The van der Waals surface area contributed by atoms with E-state index in [0.717, 1.165) is 36.2 Å². The molecule has 1 aliphatic heterocycles. The lowest BCUT2D eigenvalue weighted by Gasteiger charge is -2.35. The van der Waals surface area contributed by atoms with Gasteiger partial charge in [-0.1, -0.05) is 6.42 Å². The molecule has 1 unspecified atom stereocenters. The first-order valence-electron chi connectivity index (χ1n) is 8.62. The summed E-state index contributed by atoms with van der Waals surface area (Å²) in [4.78, 5) is 22.9. The van der Waals surface area contributed by atoms with Crippen molar-refractivity contribution >= 4 is 21.9 Å². The molecule has 0 bridgehead atoms.